The van der Waals surface area contributed by atoms with Gasteiger partial charge >= 0.3 is 0 Å². The van der Waals surface area contributed by atoms with Crippen LogP contribution < -0.4 is 4.74 Å². The lowest BCUT2D eigenvalue weighted by molar-refractivity contribution is 0.0733. The van der Waals surface area contributed by atoms with E-state index >= 15 is 0 Å². The molecule has 3 heterocycles. The second-order valence-electron chi connectivity index (χ2n) is 8.01. The van der Waals surface area contributed by atoms with Gasteiger partial charge < -0.3 is 14.2 Å². The Morgan fingerprint density at radius 2 is 1.91 bits per heavy atom. The van der Waals surface area contributed by atoms with Gasteiger partial charge in [0.1, 0.15) is 5.75 Å². The molecule has 8 heteroatoms. The summed E-state index contributed by atoms with van der Waals surface area (Å²) in [6.45, 7) is 3.60. The van der Waals surface area contributed by atoms with Crippen molar-refractivity contribution < 1.29 is 14.1 Å². The van der Waals surface area contributed by atoms with Gasteiger partial charge in [0.15, 0.2) is 11.5 Å². The van der Waals surface area contributed by atoms with Crippen LogP contribution >= 0.6 is 0 Å². The number of ether oxygens (including phenoxy) is 1. The van der Waals surface area contributed by atoms with Crippen molar-refractivity contribution in [2.45, 2.75) is 26.3 Å². The largest absolute Gasteiger partial charge is 0.494 e. The molecule has 0 saturated heterocycles. The number of carbonyl (C=O) groups excluding carboxylic acids is 1. The summed E-state index contributed by atoms with van der Waals surface area (Å²) in [5.41, 5.74) is 4.43. The summed E-state index contributed by atoms with van der Waals surface area (Å²) in [6, 6.07) is 17.3. The SMILES string of the molecule is CCOc1ccc(C(=O)N2CCc3c(c(-c4nc(Cc5ccccc5)no4)nn3C)C2)cc1. The molecule has 1 amide bonds. The molecule has 0 radical (unpaired) electrons. The van der Waals surface area contributed by atoms with E-state index < -0.39 is 0 Å². The Morgan fingerprint density at radius 1 is 1.12 bits per heavy atom. The number of aromatic nitrogens is 4. The fourth-order valence-electron chi connectivity index (χ4n) is 4.18. The summed E-state index contributed by atoms with van der Waals surface area (Å²) in [5, 5.41) is 8.79. The molecule has 0 atom stereocenters. The molecule has 0 N–H and O–H groups in total. The Bertz CT molecular complexity index is 1260. The number of nitrogens with zero attached hydrogens (tertiary/aromatic N) is 5. The maximum atomic E-state index is 13.1. The second kappa shape index (κ2) is 8.90. The Kier molecular flexibility index (Phi) is 5.64. The predicted octanol–water partition coefficient (Wildman–Crippen LogP) is 3.66. The first-order chi connectivity index (χ1) is 16.1. The zero-order chi connectivity index (χ0) is 22.8. The molecule has 1 aliphatic heterocycles. The second-order valence-corrected chi connectivity index (χ2v) is 8.01. The van der Waals surface area contributed by atoms with Crippen LogP contribution in [0.15, 0.2) is 59.1 Å². The van der Waals surface area contributed by atoms with E-state index in [1.165, 1.54) is 0 Å². The number of aryl methyl sites for hydroxylation is 1. The van der Waals surface area contributed by atoms with Gasteiger partial charge in [-0.15, -0.1) is 0 Å². The van der Waals surface area contributed by atoms with Crippen LogP contribution in [-0.2, 0) is 26.4 Å². The molecular weight excluding hydrogens is 418 g/mol. The molecule has 33 heavy (non-hydrogen) atoms. The van der Waals surface area contributed by atoms with Gasteiger partial charge in [-0.25, -0.2) is 0 Å². The van der Waals surface area contributed by atoms with Crippen molar-refractivity contribution in [1.29, 1.82) is 0 Å². The van der Waals surface area contributed by atoms with E-state index in [9.17, 15) is 4.79 Å². The van der Waals surface area contributed by atoms with Gasteiger partial charge in [0.25, 0.3) is 11.8 Å². The van der Waals surface area contributed by atoms with Gasteiger partial charge in [0, 0.05) is 43.3 Å². The molecule has 5 rings (SSSR count). The van der Waals surface area contributed by atoms with Gasteiger partial charge in [-0.05, 0) is 36.8 Å². The smallest absolute Gasteiger partial charge is 0.278 e. The quantitative estimate of drug-likeness (QED) is 0.452. The molecule has 0 unspecified atom stereocenters. The summed E-state index contributed by atoms with van der Waals surface area (Å²) in [6.07, 6.45) is 1.30. The van der Waals surface area contributed by atoms with Gasteiger partial charge in [-0.3, -0.25) is 9.48 Å². The lowest BCUT2D eigenvalue weighted by atomic mass is 10.0. The zero-order valence-electron chi connectivity index (χ0n) is 18.7. The van der Waals surface area contributed by atoms with E-state index in [2.05, 4.69) is 15.2 Å². The number of fused-ring (bicyclic) bond motifs is 1. The highest BCUT2D eigenvalue weighted by Gasteiger charge is 2.30. The van der Waals surface area contributed by atoms with E-state index in [0.717, 1.165) is 22.6 Å². The number of hydrogen-bond donors (Lipinski definition) is 0. The third-order valence-electron chi connectivity index (χ3n) is 5.82. The molecule has 4 aromatic rings. The minimum absolute atomic E-state index is 0.0196. The van der Waals surface area contributed by atoms with Crippen molar-refractivity contribution in [3.8, 4) is 17.3 Å². The van der Waals surface area contributed by atoms with Crippen LogP contribution in [0.25, 0.3) is 11.6 Å². The number of hydrogen-bond acceptors (Lipinski definition) is 6. The molecule has 2 aromatic heterocycles. The fraction of sp³-hybridized carbons (Fsp3) is 0.280. The maximum absolute atomic E-state index is 13.1. The zero-order valence-corrected chi connectivity index (χ0v) is 18.7. The molecule has 2 aromatic carbocycles. The Labute approximate surface area is 191 Å². The third-order valence-corrected chi connectivity index (χ3v) is 5.82. The van der Waals surface area contributed by atoms with Crippen LogP contribution in [0.3, 0.4) is 0 Å². The van der Waals surface area contributed by atoms with Gasteiger partial charge in [0.05, 0.1) is 13.2 Å². The van der Waals surface area contributed by atoms with E-state index in [1.807, 2.05) is 66.0 Å². The molecular formula is C25H25N5O3. The van der Waals surface area contributed by atoms with Gasteiger partial charge in [-0.2, -0.15) is 10.1 Å². The van der Waals surface area contributed by atoms with E-state index in [1.54, 1.807) is 12.1 Å². The van der Waals surface area contributed by atoms with Crippen molar-refractivity contribution in [3.63, 3.8) is 0 Å². The third kappa shape index (κ3) is 4.24. The average Bonchev–Trinajstić information content (AvgIpc) is 3.44. The number of rotatable bonds is 6. The van der Waals surface area contributed by atoms with Crippen molar-refractivity contribution in [2.75, 3.05) is 13.2 Å². The van der Waals surface area contributed by atoms with E-state index in [0.29, 0.717) is 55.5 Å². The Morgan fingerprint density at radius 3 is 2.67 bits per heavy atom. The van der Waals surface area contributed by atoms with Crippen LogP contribution in [0.1, 0.15) is 39.9 Å². The number of amides is 1. The predicted molar refractivity (Wildman–Crippen MR) is 122 cm³/mol. The Hall–Kier alpha value is -3.94. The maximum Gasteiger partial charge on any atom is 0.278 e. The molecule has 0 saturated carbocycles. The van der Waals surface area contributed by atoms with Gasteiger partial charge in [0.2, 0.25) is 0 Å². The summed E-state index contributed by atoms with van der Waals surface area (Å²) in [4.78, 5) is 19.6. The molecule has 168 valence electrons. The topological polar surface area (TPSA) is 86.3 Å². The standard InChI is InChI=1S/C25H25N5O3/c1-3-32-19-11-9-18(10-12-19)25(31)30-14-13-21-20(16-30)23(27-29(21)2)24-26-22(28-33-24)15-17-7-5-4-6-8-17/h4-12H,3,13-16H2,1-2H3. The number of benzene rings is 2. The van der Waals surface area contributed by atoms with Crippen molar-refractivity contribution in [3.05, 3.63) is 82.8 Å². The first-order valence-corrected chi connectivity index (χ1v) is 11.1. The minimum atomic E-state index is -0.0196. The molecule has 8 nitrogen and oxygen atoms in total. The minimum Gasteiger partial charge on any atom is -0.494 e. The van der Waals surface area contributed by atoms with Gasteiger partial charge in [-0.1, -0.05) is 35.5 Å². The molecule has 1 aliphatic rings. The highest BCUT2D eigenvalue weighted by molar-refractivity contribution is 5.94. The fourth-order valence-corrected chi connectivity index (χ4v) is 4.18. The number of carbonyl (C=O) groups is 1. The molecule has 0 spiro atoms. The van der Waals surface area contributed by atoms with Crippen molar-refractivity contribution in [1.82, 2.24) is 24.8 Å². The Balaban J connectivity index is 1.37. The van der Waals surface area contributed by atoms with Crippen molar-refractivity contribution in [2.24, 2.45) is 7.05 Å². The van der Waals surface area contributed by atoms with E-state index in [-0.39, 0.29) is 5.91 Å². The molecule has 0 bridgehead atoms. The van der Waals surface area contributed by atoms with Crippen LogP contribution in [0.5, 0.6) is 5.75 Å². The first kappa shape index (κ1) is 20.9. The molecule has 0 fully saturated rings. The summed E-state index contributed by atoms with van der Waals surface area (Å²) >= 11 is 0. The highest BCUT2D eigenvalue weighted by Crippen LogP contribution is 2.30. The van der Waals surface area contributed by atoms with E-state index in [4.69, 9.17) is 9.26 Å². The summed E-state index contributed by atoms with van der Waals surface area (Å²) in [7, 11) is 1.91. The van der Waals surface area contributed by atoms with Crippen LogP contribution in [0.4, 0.5) is 0 Å². The highest BCUT2D eigenvalue weighted by atomic mass is 16.5. The lowest BCUT2D eigenvalue weighted by Crippen LogP contribution is -2.36. The summed E-state index contributed by atoms with van der Waals surface area (Å²) < 4.78 is 12.9. The van der Waals surface area contributed by atoms with Crippen LogP contribution in [-0.4, -0.2) is 43.9 Å². The molecule has 0 aliphatic carbocycles. The lowest BCUT2D eigenvalue weighted by Gasteiger charge is -2.27. The van der Waals surface area contributed by atoms with Crippen LogP contribution in [0, 0.1) is 0 Å². The average molecular weight is 444 g/mol. The van der Waals surface area contributed by atoms with Crippen LogP contribution in [0.2, 0.25) is 0 Å². The van der Waals surface area contributed by atoms with Crippen molar-refractivity contribution >= 4 is 5.91 Å². The summed E-state index contributed by atoms with van der Waals surface area (Å²) in [5.74, 6) is 1.72. The normalized spacial score (nSPS) is 13.1. The first-order valence-electron chi connectivity index (χ1n) is 11.1. The monoisotopic (exact) mass is 443 g/mol.